The van der Waals surface area contributed by atoms with Gasteiger partial charge >= 0.3 is 0 Å². The molecule has 1 amide bonds. The van der Waals surface area contributed by atoms with Crippen molar-refractivity contribution in [1.82, 2.24) is 10.6 Å². The highest BCUT2D eigenvalue weighted by Gasteiger charge is 2.40. The average molecular weight is 268 g/mol. The van der Waals surface area contributed by atoms with E-state index in [2.05, 4.69) is 17.6 Å². The zero-order valence-corrected chi connectivity index (χ0v) is 12.3. The van der Waals surface area contributed by atoms with E-state index in [4.69, 9.17) is 4.74 Å². The average Bonchev–Trinajstić information content (AvgIpc) is 2.43. The number of piperidine rings is 1. The fourth-order valence-electron chi connectivity index (χ4n) is 3.36. The van der Waals surface area contributed by atoms with Gasteiger partial charge in [0, 0.05) is 13.2 Å². The molecular formula is C15H28N2O2. The number of ether oxygens (including phenoxy) is 1. The summed E-state index contributed by atoms with van der Waals surface area (Å²) in [6.07, 6.45) is 6.52. The van der Waals surface area contributed by atoms with E-state index in [1.807, 2.05) is 0 Å². The second kappa shape index (κ2) is 6.71. The Hall–Kier alpha value is -0.610. The molecule has 0 bridgehead atoms. The molecular weight excluding hydrogens is 240 g/mol. The number of hydrogen-bond donors (Lipinski definition) is 2. The van der Waals surface area contributed by atoms with Gasteiger partial charge in [0.15, 0.2) is 0 Å². The fourth-order valence-corrected chi connectivity index (χ4v) is 3.36. The summed E-state index contributed by atoms with van der Waals surface area (Å²) >= 11 is 0. The summed E-state index contributed by atoms with van der Waals surface area (Å²) in [6, 6.07) is 0.382. The third kappa shape index (κ3) is 3.69. The summed E-state index contributed by atoms with van der Waals surface area (Å²) in [4.78, 5) is 12.6. The molecule has 2 rings (SSSR count). The fraction of sp³-hybridized carbons (Fsp3) is 0.933. The Morgan fingerprint density at radius 2 is 1.89 bits per heavy atom. The van der Waals surface area contributed by atoms with Crippen molar-refractivity contribution in [3.63, 3.8) is 0 Å². The van der Waals surface area contributed by atoms with Crippen LogP contribution in [0.25, 0.3) is 0 Å². The lowest BCUT2D eigenvalue weighted by atomic mass is 9.78. The molecule has 2 N–H and O–H groups in total. The van der Waals surface area contributed by atoms with Crippen molar-refractivity contribution in [2.45, 2.75) is 51.5 Å². The summed E-state index contributed by atoms with van der Waals surface area (Å²) in [5.41, 5.74) is -0.303. The first-order chi connectivity index (χ1) is 9.16. The van der Waals surface area contributed by atoms with Crippen LogP contribution >= 0.6 is 0 Å². The number of nitrogens with one attached hydrogen (secondary N) is 2. The monoisotopic (exact) mass is 268 g/mol. The highest BCUT2D eigenvalue weighted by Crippen LogP contribution is 2.31. The van der Waals surface area contributed by atoms with Gasteiger partial charge in [-0.3, -0.25) is 4.79 Å². The Balaban J connectivity index is 1.92. The molecule has 19 heavy (non-hydrogen) atoms. The molecule has 2 aliphatic rings. The number of rotatable bonds is 4. The van der Waals surface area contributed by atoms with Crippen LogP contribution in [-0.4, -0.2) is 38.8 Å². The van der Waals surface area contributed by atoms with E-state index in [1.54, 1.807) is 7.11 Å². The first kappa shape index (κ1) is 14.8. The van der Waals surface area contributed by atoms with E-state index < -0.39 is 0 Å². The van der Waals surface area contributed by atoms with Gasteiger partial charge in [-0.2, -0.15) is 0 Å². The standard InChI is InChI=1S/C15H28N2O2/c1-12-3-5-13(6-4-12)17-14(18)15(11-19-2)7-9-16-10-8-15/h12-13,16H,3-11H2,1-2H3,(H,17,18). The van der Waals surface area contributed by atoms with Crippen LogP contribution < -0.4 is 10.6 Å². The summed E-state index contributed by atoms with van der Waals surface area (Å²) in [6.45, 7) is 4.68. The van der Waals surface area contributed by atoms with Crippen LogP contribution in [0.2, 0.25) is 0 Å². The minimum absolute atomic E-state index is 0.218. The molecule has 0 atom stereocenters. The second-order valence-electron chi connectivity index (χ2n) is 6.39. The smallest absolute Gasteiger partial charge is 0.228 e. The van der Waals surface area contributed by atoms with Crippen molar-refractivity contribution < 1.29 is 9.53 Å². The lowest BCUT2D eigenvalue weighted by Crippen LogP contribution is -2.52. The molecule has 0 radical (unpaired) electrons. The van der Waals surface area contributed by atoms with Gasteiger partial charge in [-0.05, 0) is 57.5 Å². The molecule has 0 unspecified atom stereocenters. The van der Waals surface area contributed by atoms with Gasteiger partial charge in [0.2, 0.25) is 5.91 Å². The Morgan fingerprint density at radius 1 is 1.26 bits per heavy atom. The minimum atomic E-state index is -0.303. The van der Waals surface area contributed by atoms with Crippen molar-refractivity contribution in [1.29, 1.82) is 0 Å². The molecule has 1 saturated carbocycles. The van der Waals surface area contributed by atoms with E-state index >= 15 is 0 Å². The molecule has 2 fully saturated rings. The molecule has 4 nitrogen and oxygen atoms in total. The van der Waals surface area contributed by atoms with Crippen molar-refractivity contribution in [2.75, 3.05) is 26.8 Å². The van der Waals surface area contributed by atoms with Crippen LogP contribution in [0.3, 0.4) is 0 Å². The maximum atomic E-state index is 12.6. The first-order valence-corrected chi connectivity index (χ1v) is 7.67. The Morgan fingerprint density at radius 3 is 2.47 bits per heavy atom. The van der Waals surface area contributed by atoms with Crippen LogP contribution in [0.15, 0.2) is 0 Å². The highest BCUT2D eigenvalue weighted by atomic mass is 16.5. The molecule has 110 valence electrons. The molecule has 1 aliphatic heterocycles. The van der Waals surface area contributed by atoms with Gasteiger partial charge in [-0.15, -0.1) is 0 Å². The van der Waals surface area contributed by atoms with Crippen molar-refractivity contribution in [2.24, 2.45) is 11.3 Å². The van der Waals surface area contributed by atoms with Gasteiger partial charge in [0.05, 0.1) is 12.0 Å². The maximum Gasteiger partial charge on any atom is 0.228 e. The topological polar surface area (TPSA) is 50.4 Å². The van der Waals surface area contributed by atoms with Gasteiger partial charge in [0.1, 0.15) is 0 Å². The largest absolute Gasteiger partial charge is 0.384 e. The van der Waals surface area contributed by atoms with E-state index in [0.29, 0.717) is 12.6 Å². The first-order valence-electron chi connectivity index (χ1n) is 7.67. The summed E-state index contributed by atoms with van der Waals surface area (Å²) in [5.74, 6) is 1.04. The Labute approximate surface area is 116 Å². The lowest BCUT2D eigenvalue weighted by molar-refractivity contribution is -0.137. The van der Waals surface area contributed by atoms with Gasteiger partial charge in [-0.25, -0.2) is 0 Å². The van der Waals surface area contributed by atoms with Crippen molar-refractivity contribution in [3.05, 3.63) is 0 Å². The maximum absolute atomic E-state index is 12.6. The van der Waals surface area contributed by atoms with Gasteiger partial charge < -0.3 is 15.4 Å². The second-order valence-corrected chi connectivity index (χ2v) is 6.39. The summed E-state index contributed by atoms with van der Waals surface area (Å²) in [5, 5.41) is 6.61. The number of carbonyl (C=O) groups is 1. The van der Waals surface area contributed by atoms with Crippen LogP contribution in [0, 0.1) is 11.3 Å². The van der Waals surface area contributed by atoms with Crippen LogP contribution in [-0.2, 0) is 9.53 Å². The molecule has 0 aromatic rings. The van der Waals surface area contributed by atoms with Gasteiger partial charge in [-0.1, -0.05) is 6.92 Å². The van der Waals surface area contributed by atoms with Crippen molar-refractivity contribution in [3.8, 4) is 0 Å². The number of carbonyl (C=O) groups excluding carboxylic acids is 1. The Kier molecular flexibility index (Phi) is 5.22. The van der Waals surface area contributed by atoms with Crippen molar-refractivity contribution >= 4 is 5.91 Å². The quantitative estimate of drug-likeness (QED) is 0.816. The molecule has 1 aliphatic carbocycles. The predicted molar refractivity (Wildman–Crippen MR) is 76.0 cm³/mol. The SMILES string of the molecule is COCC1(C(=O)NC2CCC(C)CC2)CCNCC1. The van der Waals surface area contributed by atoms with E-state index in [0.717, 1.165) is 44.7 Å². The third-order valence-corrected chi connectivity index (χ3v) is 4.81. The Bertz CT molecular complexity index is 287. The molecule has 4 heteroatoms. The lowest BCUT2D eigenvalue weighted by Gasteiger charge is -2.37. The highest BCUT2D eigenvalue weighted by molar-refractivity contribution is 5.83. The number of hydrogen-bond acceptors (Lipinski definition) is 3. The van der Waals surface area contributed by atoms with Crippen LogP contribution in [0.4, 0.5) is 0 Å². The van der Waals surface area contributed by atoms with Crippen LogP contribution in [0.1, 0.15) is 45.4 Å². The number of methoxy groups -OCH3 is 1. The van der Waals surface area contributed by atoms with E-state index in [9.17, 15) is 4.79 Å². The summed E-state index contributed by atoms with van der Waals surface area (Å²) < 4.78 is 5.32. The third-order valence-electron chi connectivity index (χ3n) is 4.81. The summed E-state index contributed by atoms with van der Waals surface area (Å²) in [7, 11) is 1.69. The number of amides is 1. The zero-order valence-electron chi connectivity index (χ0n) is 12.3. The minimum Gasteiger partial charge on any atom is -0.384 e. The van der Waals surface area contributed by atoms with E-state index in [-0.39, 0.29) is 11.3 Å². The van der Waals surface area contributed by atoms with Gasteiger partial charge in [0.25, 0.3) is 0 Å². The normalized spacial score (nSPS) is 30.8. The van der Waals surface area contributed by atoms with E-state index in [1.165, 1.54) is 12.8 Å². The predicted octanol–water partition coefficient (Wildman–Crippen LogP) is 1.70. The molecule has 0 aromatic carbocycles. The van der Waals surface area contributed by atoms with Crippen LogP contribution in [0.5, 0.6) is 0 Å². The molecule has 1 saturated heterocycles. The molecule has 0 aromatic heterocycles. The molecule has 1 heterocycles. The zero-order chi connectivity index (χ0) is 13.7. The molecule has 0 spiro atoms.